The molecule has 1 saturated carbocycles. The van der Waals surface area contributed by atoms with E-state index >= 15 is 0 Å². The van der Waals surface area contributed by atoms with E-state index in [1.807, 2.05) is 0 Å². The van der Waals surface area contributed by atoms with Gasteiger partial charge in [-0.25, -0.2) is 0 Å². The lowest BCUT2D eigenvalue weighted by Gasteiger charge is -2.31. The summed E-state index contributed by atoms with van der Waals surface area (Å²) in [5.41, 5.74) is 0. The number of nitrogens with one attached hydrogen (secondary N) is 1. The molecule has 0 aromatic carbocycles. The summed E-state index contributed by atoms with van der Waals surface area (Å²) in [4.78, 5) is 2.48. The van der Waals surface area contributed by atoms with Gasteiger partial charge in [-0.2, -0.15) is 13.2 Å². The van der Waals surface area contributed by atoms with Crippen LogP contribution >= 0.6 is 0 Å². The van der Waals surface area contributed by atoms with Gasteiger partial charge in [-0.1, -0.05) is 0 Å². The fraction of sp³-hybridized carbons (Fsp3) is 1.00. The Hall–Kier alpha value is -0.290. The van der Waals surface area contributed by atoms with Crippen LogP contribution in [0.4, 0.5) is 13.2 Å². The number of nitrogens with zero attached hydrogens (tertiary/aromatic N) is 1. The molecule has 118 valence electrons. The summed E-state index contributed by atoms with van der Waals surface area (Å²) >= 11 is 0. The first kappa shape index (κ1) is 16.1. The van der Waals surface area contributed by atoms with Crippen LogP contribution in [0.5, 0.6) is 0 Å². The fourth-order valence-electron chi connectivity index (χ4n) is 3.46. The van der Waals surface area contributed by atoms with Gasteiger partial charge < -0.3 is 10.2 Å². The predicted molar refractivity (Wildman–Crippen MR) is 74.6 cm³/mol. The summed E-state index contributed by atoms with van der Waals surface area (Å²) in [5.74, 6) is -0.402. The Bertz CT molecular complexity index is 296. The third-order valence-corrected chi connectivity index (χ3v) is 4.93. The molecule has 2 fully saturated rings. The average Bonchev–Trinajstić information content (AvgIpc) is 2.85. The highest BCUT2D eigenvalue weighted by Gasteiger charge is 2.41. The van der Waals surface area contributed by atoms with Gasteiger partial charge in [0.1, 0.15) is 0 Å². The normalized spacial score (nSPS) is 33.0. The lowest BCUT2D eigenvalue weighted by Crippen LogP contribution is -2.39. The van der Waals surface area contributed by atoms with E-state index in [0.717, 1.165) is 19.6 Å². The van der Waals surface area contributed by atoms with Gasteiger partial charge in [-0.05, 0) is 65.0 Å². The van der Waals surface area contributed by atoms with E-state index in [2.05, 4.69) is 24.1 Å². The Kier molecular flexibility index (Phi) is 5.35. The molecular formula is C15H27F3N2. The van der Waals surface area contributed by atoms with Crippen molar-refractivity contribution in [3.8, 4) is 0 Å². The SMILES string of the molecule is CC(C)N1CCC(CNC2CCC(C(F)(F)F)CC2)C1. The molecule has 0 aromatic heterocycles. The molecule has 1 unspecified atom stereocenters. The minimum atomic E-state index is -3.99. The van der Waals surface area contributed by atoms with E-state index in [0.29, 0.717) is 43.7 Å². The molecule has 0 spiro atoms. The first-order chi connectivity index (χ1) is 9.36. The quantitative estimate of drug-likeness (QED) is 0.854. The van der Waals surface area contributed by atoms with E-state index in [-0.39, 0.29) is 0 Å². The Balaban J connectivity index is 1.65. The summed E-state index contributed by atoms with van der Waals surface area (Å²) in [7, 11) is 0. The fourth-order valence-corrected chi connectivity index (χ4v) is 3.46. The topological polar surface area (TPSA) is 15.3 Å². The second-order valence-electron chi connectivity index (χ2n) is 6.74. The van der Waals surface area contributed by atoms with Gasteiger partial charge in [0, 0.05) is 18.6 Å². The zero-order chi connectivity index (χ0) is 14.8. The van der Waals surface area contributed by atoms with Gasteiger partial charge in [-0.15, -0.1) is 0 Å². The molecule has 5 heteroatoms. The maximum atomic E-state index is 12.6. The summed E-state index contributed by atoms with van der Waals surface area (Å²) < 4.78 is 37.8. The second-order valence-corrected chi connectivity index (χ2v) is 6.74. The molecule has 0 bridgehead atoms. The molecule has 1 N–H and O–H groups in total. The van der Waals surface area contributed by atoms with Crippen LogP contribution in [-0.2, 0) is 0 Å². The van der Waals surface area contributed by atoms with Crippen LogP contribution in [0.3, 0.4) is 0 Å². The van der Waals surface area contributed by atoms with Crippen molar-refractivity contribution in [1.82, 2.24) is 10.2 Å². The molecule has 2 rings (SSSR count). The van der Waals surface area contributed by atoms with E-state index in [9.17, 15) is 13.2 Å². The zero-order valence-electron chi connectivity index (χ0n) is 12.5. The Morgan fingerprint density at radius 1 is 1.10 bits per heavy atom. The van der Waals surface area contributed by atoms with Crippen molar-refractivity contribution < 1.29 is 13.2 Å². The predicted octanol–water partition coefficient (Wildman–Crippen LogP) is 3.43. The van der Waals surface area contributed by atoms with Crippen molar-refractivity contribution in [3.63, 3.8) is 0 Å². The molecular weight excluding hydrogens is 265 g/mol. The van der Waals surface area contributed by atoms with Gasteiger partial charge in [0.15, 0.2) is 0 Å². The lowest BCUT2D eigenvalue weighted by molar-refractivity contribution is -0.182. The second kappa shape index (κ2) is 6.65. The highest BCUT2D eigenvalue weighted by atomic mass is 19.4. The number of alkyl halides is 3. The van der Waals surface area contributed by atoms with Crippen molar-refractivity contribution in [1.29, 1.82) is 0 Å². The van der Waals surface area contributed by atoms with E-state index < -0.39 is 12.1 Å². The highest BCUT2D eigenvalue weighted by Crippen LogP contribution is 2.37. The van der Waals surface area contributed by atoms with Gasteiger partial charge in [0.05, 0.1) is 5.92 Å². The van der Waals surface area contributed by atoms with Crippen LogP contribution in [0.15, 0.2) is 0 Å². The van der Waals surface area contributed by atoms with Crippen LogP contribution in [0.1, 0.15) is 46.0 Å². The average molecular weight is 292 g/mol. The largest absolute Gasteiger partial charge is 0.391 e. The summed E-state index contributed by atoms with van der Waals surface area (Å²) in [6.07, 6.45) is -0.846. The minimum Gasteiger partial charge on any atom is -0.314 e. The van der Waals surface area contributed by atoms with E-state index in [1.54, 1.807) is 0 Å². The smallest absolute Gasteiger partial charge is 0.314 e. The van der Waals surface area contributed by atoms with Gasteiger partial charge in [0.25, 0.3) is 0 Å². The molecule has 1 aliphatic carbocycles. The number of likely N-dealkylation sites (tertiary alicyclic amines) is 1. The van der Waals surface area contributed by atoms with Crippen molar-refractivity contribution in [2.24, 2.45) is 11.8 Å². The Morgan fingerprint density at radius 3 is 2.25 bits per heavy atom. The zero-order valence-corrected chi connectivity index (χ0v) is 12.5. The van der Waals surface area contributed by atoms with Crippen LogP contribution in [-0.4, -0.2) is 42.8 Å². The molecule has 0 radical (unpaired) electrons. The summed E-state index contributed by atoms with van der Waals surface area (Å²) in [6, 6.07) is 0.893. The van der Waals surface area contributed by atoms with E-state index in [4.69, 9.17) is 0 Å². The third-order valence-electron chi connectivity index (χ3n) is 4.93. The first-order valence-corrected chi connectivity index (χ1v) is 7.90. The Morgan fingerprint density at radius 2 is 1.75 bits per heavy atom. The number of hydrogen-bond acceptors (Lipinski definition) is 2. The van der Waals surface area contributed by atoms with Crippen molar-refractivity contribution in [3.05, 3.63) is 0 Å². The van der Waals surface area contributed by atoms with Crippen molar-refractivity contribution >= 4 is 0 Å². The molecule has 1 atom stereocenters. The third kappa shape index (κ3) is 4.35. The monoisotopic (exact) mass is 292 g/mol. The lowest BCUT2D eigenvalue weighted by atomic mass is 9.85. The molecule has 0 amide bonds. The Labute approximate surface area is 120 Å². The number of rotatable bonds is 4. The number of hydrogen-bond donors (Lipinski definition) is 1. The van der Waals surface area contributed by atoms with Gasteiger partial charge in [0.2, 0.25) is 0 Å². The van der Waals surface area contributed by atoms with Crippen LogP contribution in [0.25, 0.3) is 0 Å². The molecule has 1 saturated heterocycles. The minimum absolute atomic E-state index is 0.293. The molecule has 0 aromatic rings. The molecule has 2 nitrogen and oxygen atoms in total. The molecule has 2 aliphatic rings. The maximum absolute atomic E-state index is 12.6. The molecule has 1 heterocycles. The number of halogens is 3. The highest BCUT2D eigenvalue weighted by molar-refractivity contribution is 4.84. The van der Waals surface area contributed by atoms with Gasteiger partial charge in [-0.3, -0.25) is 0 Å². The van der Waals surface area contributed by atoms with Crippen LogP contribution in [0, 0.1) is 11.8 Å². The molecule has 1 aliphatic heterocycles. The van der Waals surface area contributed by atoms with Gasteiger partial charge >= 0.3 is 6.18 Å². The summed E-state index contributed by atoms with van der Waals surface area (Å²) in [5, 5.41) is 3.50. The first-order valence-electron chi connectivity index (χ1n) is 7.90. The summed E-state index contributed by atoms with van der Waals surface area (Å²) in [6.45, 7) is 7.68. The van der Waals surface area contributed by atoms with Crippen molar-refractivity contribution in [2.45, 2.75) is 64.2 Å². The standard InChI is InChI=1S/C15H27F3N2/c1-11(2)20-8-7-12(10-20)9-19-14-5-3-13(4-6-14)15(16,17)18/h11-14,19H,3-10H2,1-2H3. The van der Waals surface area contributed by atoms with Crippen LogP contribution in [0.2, 0.25) is 0 Å². The maximum Gasteiger partial charge on any atom is 0.391 e. The van der Waals surface area contributed by atoms with Crippen LogP contribution < -0.4 is 5.32 Å². The van der Waals surface area contributed by atoms with Crippen molar-refractivity contribution in [2.75, 3.05) is 19.6 Å². The molecule has 20 heavy (non-hydrogen) atoms. The van der Waals surface area contributed by atoms with E-state index in [1.165, 1.54) is 6.42 Å².